The normalized spacial score (nSPS) is 14.5. The quantitative estimate of drug-likeness (QED) is 0.288. The van der Waals surface area contributed by atoms with E-state index in [0.29, 0.717) is 34.3 Å². The lowest BCUT2D eigenvalue weighted by atomic mass is 9.92. The van der Waals surface area contributed by atoms with Gasteiger partial charge < -0.3 is 15.5 Å². The van der Waals surface area contributed by atoms with E-state index in [-0.39, 0.29) is 12.1 Å². The summed E-state index contributed by atoms with van der Waals surface area (Å²) in [6, 6.07) is 13.6. The highest BCUT2D eigenvalue weighted by molar-refractivity contribution is 5.94. The van der Waals surface area contributed by atoms with E-state index in [0.717, 1.165) is 24.3 Å². The second-order valence-electron chi connectivity index (χ2n) is 10.7. The van der Waals surface area contributed by atoms with E-state index in [1.807, 2.05) is 24.3 Å². The second kappa shape index (κ2) is 12.8. The van der Waals surface area contributed by atoms with Crippen molar-refractivity contribution in [2.24, 2.45) is 0 Å². The lowest BCUT2D eigenvalue weighted by Crippen LogP contribution is -2.28. The Morgan fingerprint density at radius 1 is 1.07 bits per heavy atom. The number of fused-ring (bicyclic) bond motifs is 1. The summed E-state index contributed by atoms with van der Waals surface area (Å²) in [6.45, 7) is 2.13. The van der Waals surface area contributed by atoms with Crippen LogP contribution in [0.3, 0.4) is 0 Å². The minimum atomic E-state index is -0.411. The predicted molar refractivity (Wildman–Crippen MR) is 168 cm³/mol. The van der Waals surface area contributed by atoms with Gasteiger partial charge in [0.2, 0.25) is 5.95 Å². The van der Waals surface area contributed by atoms with E-state index in [2.05, 4.69) is 54.5 Å². The first-order valence-electron chi connectivity index (χ1n) is 14.4. The zero-order valence-electron chi connectivity index (χ0n) is 24.5. The molecule has 6 rings (SSSR count). The predicted octanol–water partition coefficient (Wildman–Crippen LogP) is 3.34. The minimum Gasteiger partial charge on any atom is -0.338 e. The third-order valence-electron chi connectivity index (χ3n) is 7.51. The average Bonchev–Trinajstić information content (AvgIpc) is 3.06. The highest BCUT2D eigenvalue weighted by Crippen LogP contribution is 2.26. The topological polar surface area (TPSA) is 131 Å². The minimum absolute atomic E-state index is 0.0680. The highest BCUT2D eigenvalue weighted by Gasteiger charge is 2.17. The van der Waals surface area contributed by atoms with Gasteiger partial charge in [-0.05, 0) is 61.2 Å². The SMILES string of the molecule is CN(C)C(=O)C#Cc1cc2cnc(Nc3ccc(C4CCCNC4)cc3)nc2n(Cc2nccnc2-c2ccncc2)c1=O. The van der Waals surface area contributed by atoms with Gasteiger partial charge in [0.25, 0.3) is 11.5 Å². The molecule has 1 saturated heterocycles. The summed E-state index contributed by atoms with van der Waals surface area (Å²) in [5.74, 6) is 5.72. The molecule has 0 radical (unpaired) electrons. The number of nitrogens with zero attached hydrogens (tertiary/aromatic N) is 7. The summed E-state index contributed by atoms with van der Waals surface area (Å²) in [6.07, 6.45) is 10.5. The molecule has 1 unspecified atom stereocenters. The molecule has 1 aliphatic rings. The summed E-state index contributed by atoms with van der Waals surface area (Å²) in [4.78, 5) is 49.9. The fraction of sp³-hybridized carbons (Fsp3) is 0.242. The molecule has 1 fully saturated rings. The van der Waals surface area contributed by atoms with Crippen LogP contribution in [0.2, 0.25) is 0 Å². The number of anilines is 2. The first kappa shape index (κ1) is 28.6. The summed E-state index contributed by atoms with van der Waals surface area (Å²) < 4.78 is 1.50. The zero-order valence-corrected chi connectivity index (χ0v) is 24.5. The number of piperidine rings is 1. The molecule has 2 N–H and O–H groups in total. The van der Waals surface area contributed by atoms with Crippen molar-refractivity contribution in [1.82, 2.24) is 39.7 Å². The molecule has 1 atom stereocenters. The standard InChI is InChI=1S/C33H31N9O2/c1-41(2)29(43)10-7-24-18-26-20-38-33(39-27-8-5-22(6-9-27)25-4-3-13-35-19-25)40-31(26)42(32(24)44)21-28-30(37-17-16-36-28)23-11-14-34-15-12-23/h5-6,8-9,11-12,14-18,20,25,35H,3-4,13,19,21H2,1-2H3,(H,38,39,40). The molecule has 11 nitrogen and oxygen atoms in total. The molecule has 0 aliphatic carbocycles. The average molecular weight is 586 g/mol. The van der Waals surface area contributed by atoms with Crippen LogP contribution in [0.5, 0.6) is 0 Å². The maximum Gasteiger partial charge on any atom is 0.298 e. The second-order valence-corrected chi connectivity index (χ2v) is 10.7. The van der Waals surface area contributed by atoms with Gasteiger partial charge in [0.1, 0.15) is 5.65 Å². The molecule has 5 aromatic rings. The van der Waals surface area contributed by atoms with Crippen LogP contribution >= 0.6 is 0 Å². The summed E-state index contributed by atoms with van der Waals surface area (Å²) in [7, 11) is 3.21. The van der Waals surface area contributed by atoms with E-state index < -0.39 is 11.5 Å². The van der Waals surface area contributed by atoms with Gasteiger partial charge in [-0.1, -0.05) is 18.1 Å². The number of pyridine rings is 2. The zero-order chi connectivity index (χ0) is 30.5. The van der Waals surface area contributed by atoms with Crippen LogP contribution in [0.4, 0.5) is 11.6 Å². The van der Waals surface area contributed by atoms with Crippen molar-refractivity contribution >= 4 is 28.6 Å². The Balaban J connectivity index is 1.40. The first-order chi connectivity index (χ1) is 21.5. The van der Waals surface area contributed by atoms with Gasteiger partial charge in [-0.3, -0.25) is 29.1 Å². The number of carbonyl (C=O) groups is 1. The number of nitrogens with one attached hydrogen (secondary N) is 2. The Morgan fingerprint density at radius 3 is 2.61 bits per heavy atom. The monoisotopic (exact) mass is 585 g/mol. The summed E-state index contributed by atoms with van der Waals surface area (Å²) in [5, 5.41) is 7.33. The molecule has 0 spiro atoms. The molecule has 11 heteroatoms. The van der Waals surface area contributed by atoms with E-state index in [9.17, 15) is 9.59 Å². The lowest BCUT2D eigenvalue weighted by molar-refractivity contribution is -0.122. The molecule has 5 heterocycles. The Labute approximate surface area is 254 Å². The van der Waals surface area contributed by atoms with Crippen molar-refractivity contribution in [3.63, 3.8) is 0 Å². The van der Waals surface area contributed by atoms with Gasteiger partial charge in [-0.15, -0.1) is 0 Å². The van der Waals surface area contributed by atoms with Crippen LogP contribution in [0.1, 0.15) is 35.6 Å². The third-order valence-corrected chi connectivity index (χ3v) is 7.51. The maximum atomic E-state index is 13.9. The maximum absolute atomic E-state index is 13.9. The molecule has 1 aromatic carbocycles. The number of hydrogen-bond donors (Lipinski definition) is 2. The smallest absolute Gasteiger partial charge is 0.298 e. The molecule has 0 saturated carbocycles. The van der Waals surface area contributed by atoms with Gasteiger partial charge in [0, 0.05) is 74.2 Å². The van der Waals surface area contributed by atoms with Gasteiger partial charge in [0.05, 0.1) is 23.5 Å². The van der Waals surface area contributed by atoms with Crippen molar-refractivity contribution in [3.05, 3.63) is 101 Å². The van der Waals surface area contributed by atoms with E-state index in [4.69, 9.17) is 4.98 Å². The van der Waals surface area contributed by atoms with Gasteiger partial charge in [-0.2, -0.15) is 4.98 Å². The van der Waals surface area contributed by atoms with Crippen molar-refractivity contribution in [2.45, 2.75) is 25.3 Å². The van der Waals surface area contributed by atoms with E-state index >= 15 is 0 Å². The van der Waals surface area contributed by atoms with Crippen LogP contribution in [-0.4, -0.2) is 67.5 Å². The lowest BCUT2D eigenvalue weighted by Gasteiger charge is -2.23. The largest absolute Gasteiger partial charge is 0.338 e. The Kier molecular flexibility index (Phi) is 8.34. The van der Waals surface area contributed by atoms with E-state index in [1.165, 1.54) is 27.9 Å². The van der Waals surface area contributed by atoms with Crippen molar-refractivity contribution in [1.29, 1.82) is 0 Å². The van der Waals surface area contributed by atoms with Gasteiger partial charge in [-0.25, -0.2) is 4.98 Å². The molecule has 0 bridgehead atoms. The molecule has 1 amide bonds. The Morgan fingerprint density at radius 2 is 1.86 bits per heavy atom. The number of aromatic nitrogens is 6. The Bertz CT molecular complexity index is 1920. The molecular weight excluding hydrogens is 554 g/mol. The van der Waals surface area contributed by atoms with Crippen molar-refractivity contribution < 1.29 is 4.79 Å². The number of rotatable bonds is 6. The Hall–Kier alpha value is -5.47. The van der Waals surface area contributed by atoms with Crippen LogP contribution < -0.4 is 16.2 Å². The van der Waals surface area contributed by atoms with Crippen LogP contribution in [0.15, 0.2) is 78.2 Å². The molecule has 4 aromatic heterocycles. The fourth-order valence-corrected chi connectivity index (χ4v) is 5.18. The van der Waals surface area contributed by atoms with E-state index in [1.54, 1.807) is 51.1 Å². The fourth-order valence-electron chi connectivity index (χ4n) is 5.18. The molecule has 44 heavy (non-hydrogen) atoms. The number of hydrogen-bond acceptors (Lipinski definition) is 9. The molecule has 1 aliphatic heterocycles. The number of amides is 1. The highest BCUT2D eigenvalue weighted by atomic mass is 16.2. The first-order valence-corrected chi connectivity index (χ1v) is 14.4. The molecule has 220 valence electrons. The number of benzene rings is 1. The van der Waals surface area contributed by atoms with Crippen molar-refractivity contribution in [3.8, 4) is 23.1 Å². The molecular formula is C33H31N9O2. The van der Waals surface area contributed by atoms with Crippen LogP contribution in [0.25, 0.3) is 22.3 Å². The summed E-state index contributed by atoms with van der Waals surface area (Å²) in [5.41, 5.74) is 4.28. The number of carbonyl (C=O) groups excluding carboxylic acids is 1. The summed E-state index contributed by atoms with van der Waals surface area (Å²) >= 11 is 0. The van der Waals surface area contributed by atoms with Gasteiger partial charge in [0.15, 0.2) is 0 Å². The van der Waals surface area contributed by atoms with Gasteiger partial charge >= 0.3 is 0 Å². The van der Waals surface area contributed by atoms with Crippen LogP contribution in [-0.2, 0) is 11.3 Å². The van der Waals surface area contributed by atoms with Crippen molar-refractivity contribution in [2.75, 3.05) is 32.5 Å². The third kappa shape index (κ3) is 6.30. The van der Waals surface area contributed by atoms with Crippen LogP contribution in [0, 0.1) is 11.8 Å².